The first-order valence-corrected chi connectivity index (χ1v) is 10.4. The number of nitro groups is 1. The van der Waals surface area contributed by atoms with Gasteiger partial charge in [0.1, 0.15) is 17.9 Å². The van der Waals surface area contributed by atoms with Crippen LogP contribution in [0.4, 0.5) is 5.69 Å². The number of ether oxygens (including phenoxy) is 1. The van der Waals surface area contributed by atoms with Crippen LogP contribution < -0.4 is 5.32 Å². The number of nitrogens with zero attached hydrogens (tertiary/aromatic N) is 3. The molecule has 29 heavy (non-hydrogen) atoms. The van der Waals surface area contributed by atoms with Crippen LogP contribution in [0.5, 0.6) is 0 Å². The van der Waals surface area contributed by atoms with Crippen molar-refractivity contribution in [1.82, 2.24) is 15.1 Å². The van der Waals surface area contributed by atoms with E-state index in [1.165, 1.54) is 37.8 Å². The lowest BCUT2D eigenvalue weighted by molar-refractivity contribution is -0.386. The summed E-state index contributed by atoms with van der Waals surface area (Å²) in [5, 5.41) is 18.3. The van der Waals surface area contributed by atoms with Crippen LogP contribution in [0.15, 0.2) is 0 Å². The number of rotatable bonds is 6. The summed E-state index contributed by atoms with van der Waals surface area (Å²) >= 11 is 0. The van der Waals surface area contributed by atoms with E-state index in [0.717, 1.165) is 19.3 Å². The van der Waals surface area contributed by atoms with Gasteiger partial charge < -0.3 is 10.1 Å². The minimum atomic E-state index is -0.914. The minimum absolute atomic E-state index is 0.106. The van der Waals surface area contributed by atoms with Crippen molar-refractivity contribution >= 4 is 17.6 Å². The topological polar surface area (TPSA) is 116 Å². The number of aryl methyl sites for hydroxylation is 1. The molecule has 0 radical (unpaired) electrons. The highest BCUT2D eigenvalue weighted by molar-refractivity contribution is 5.84. The average molecular weight is 404 g/mol. The SMILES string of the molecule is Cc1nn(CC(=O)O[C@@H](C)C(=O)NC23CC4CC(CC(C4)C2)C3)c(C)c1[N+](=O)[O-]. The fraction of sp³-hybridized carbons (Fsp3) is 0.750. The van der Waals surface area contributed by atoms with Gasteiger partial charge in [-0.2, -0.15) is 5.10 Å². The molecule has 0 spiro atoms. The number of hydrogen-bond donors (Lipinski definition) is 1. The predicted molar refractivity (Wildman–Crippen MR) is 103 cm³/mol. The van der Waals surface area contributed by atoms with Gasteiger partial charge in [-0.15, -0.1) is 0 Å². The molecule has 4 aliphatic rings. The van der Waals surface area contributed by atoms with Crippen LogP contribution in [0.1, 0.15) is 56.8 Å². The summed E-state index contributed by atoms with van der Waals surface area (Å²) in [6.07, 6.45) is 6.03. The summed E-state index contributed by atoms with van der Waals surface area (Å²) in [5.41, 5.74) is 0.288. The maximum absolute atomic E-state index is 12.7. The quantitative estimate of drug-likeness (QED) is 0.442. The van der Waals surface area contributed by atoms with Crippen molar-refractivity contribution in [3.8, 4) is 0 Å². The van der Waals surface area contributed by atoms with Crippen molar-refractivity contribution in [1.29, 1.82) is 0 Å². The Morgan fingerprint density at radius 3 is 2.28 bits per heavy atom. The Labute approximate surface area is 169 Å². The summed E-state index contributed by atoms with van der Waals surface area (Å²) in [5.74, 6) is 1.22. The number of nitrogens with one attached hydrogen (secondary N) is 1. The Morgan fingerprint density at radius 2 is 1.79 bits per heavy atom. The van der Waals surface area contributed by atoms with Gasteiger partial charge in [0, 0.05) is 5.54 Å². The molecule has 0 saturated heterocycles. The smallest absolute Gasteiger partial charge is 0.328 e. The molecular formula is C20H28N4O5. The van der Waals surface area contributed by atoms with Crippen molar-refractivity contribution < 1.29 is 19.2 Å². The third-order valence-electron chi connectivity index (χ3n) is 6.91. The molecule has 0 aliphatic heterocycles. The molecule has 1 aromatic heterocycles. The van der Waals surface area contributed by atoms with Gasteiger partial charge >= 0.3 is 11.7 Å². The molecule has 1 amide bonds. The predicted octanol–water partition coefficient (Wildman–Crippen LogP) is 2.42. The van der Waals surface area contributed by atoms with Crippen LogP contribution in [-0.2, 0) is 20.9 Å². The van der Waals surface area contributed by atoms with Gasteiger partial charge in [0.2, 0.25) is 0 Å². The normalized spacial score (nSPS) is 30.8. The Kier molecular flexibility index (Phi) is 4.86. The van der Waals surface area contributed by atoms with E-state index in [0.29, 0.717) is 17.8 Å². The highest BCUT2D eigenvalue weighted by Crippen LogP contribution is 2.55. The number of amides is 1. The number of carbonyl (C=O) groups is 2. The summed E-state index contributed by atoms with van der Waals surface area (Å²) in [6, 6.07) is 0. The molecule has 4 bridgehead atoms. The summed E-state index contributed by atoms with van der Waals surface area (Å²) in [7, 11) is 0. The van der Waals surface area contributed by atoms with E-state index >= 15 is 0 Å². The summed E-state index contributed by atoms with van der Waals surface area (Å²) in [6.45, 7) is 4.36. The van der Waals surface area contributed by atoms with Gasteiger partial charge in [0.05, 0.1) is 4.92 Å². The maximum Gasteiger partial charge on any atom is 0.328 e. The number of hydrogen-bond acceptors (Lipinski definition) is 6. The Bertz CT molecular complexity index is 826. The Morgan fingerprint density at radius 1 is 1.24 bits per heavy atom. The van der Waals surface area contributed by atoms with Gasteiger partial charge in [-0.1, -0.05) is 0 Å². The molecule has 9 nitrogen and oxygen atoms in total. The lowest BCUT2D eigenvalue weighted by atomic mass is 9.53. The van der Waals surface area contributed by atoms with Crippen LogP contribution in [-0.4, -0.2) is 38.2 Å². The minimum Gasteiger partial charge on any atom is -0.451 e. The van der Waals surface area contributed by atoms with Crippen molar-refractivity contribution in [3.63, 3.8) is 0 Å². The molecule has 5 rings (SSSR count). The second-order valence-corrected chi connectivity index (χ2v) is 9.25. The van der Waals surface area contributed by atoms with Gasteiger partial charge in [0.15, 0.2) is 6.10 Å². The summed E-state index contributed by atoms with van der Waals surface area (Å²) in [4.78, 5) is 35.6. The van der Waals surface area contributed by atoms with Gasteiger partial charge in [-0.3, -0.25) is 24.4 Å². The van der Waals surface area contributed by atoms with Crippen LogP contribution >= 0.6 is 0 Å². The fourth-order valence-electron chi connectivity index (χ4n) is 6.14. The fourth-order valence-corrected chi connectivity index (χ4v) is 6.14. The number of esters is 1. The van der Waals surface area contributed by atoms with Crippen LogP contribution in [0.2, 0.25) is 0 Å². The van der Waals surface area contributed by atoms with E-state index in [1.54, 1.807) is 6.92 Å². The van der Waals surface area contributed by atoms with Crippen LogP contribution in [0.25, 0.3) is 0 Å². The average Bonchev–Trinajstić information content (AvgIpc) is 2.86. The van der Waals surface area contributed by atoms with Crippen molar-refractivity contribution in [2.75, 3.05) is 0 Å². The molecule has 1 N–H and O–H groups in total. The maximum atomic E-state index is 12.7. The first-order chi connectivity index (χ1) is 13.7. The zero-order chi connectivity index (χ0) is 20.9. The first kappa shape index (κ1) is 19.8. The summed E-state index contributed by atoms with van der Waals surface area (Å²) < 4.78 is 6.56. The van der Waals surface area contributed by atoms with E-state index in [1.807, 2.05) is 0 Å². The molecule has 0 unspecified atom stereocenters. The third kappa shape index (κ3) is 3.74. The molecule has 9 heteroatoms. The lowest BCUT2D eigenvalue weighted by Gasteiger charge is -2.57. The van der Waals surface area contributed by atoms with Gasteiger partial charge in [-0.25, -0.2) is 0 Å². The second-order valence-electron chi connectivity index (χ2n) is 9.25. The van der Waals surface area contributed by atoms with E-state index < -0.39 is 17.0 Å². The van der Waals surface area contributed by atoms with E-state index in [-0.39, 0.29) is 35.1 Å². The van der Waals surface area contributed by atoms with E-state index in [4.69, 9.17) is 4.74 Å². The van der Waals surface area contributed by atoms with Gasteiger partial charge in [0.25, 0.3) is 5.91 Å². The highest BCUT2D eigenvalue weighted by atomic mass is 16.6. The van der Waals surface area contributed by atoms with Crippen molar-refractivity contribution in [2.24, 2.45) is 17.8 Å². The van der Waals surface area contributed by atoms with Crippen LogP contribution in [0.3, 0.4) is 0 Å². The molecule has 1 aromatic rings. The largest absolute Gasteiger partial charge is 0.451 e. The molecule has 158 valence electrons. The Hall–Kier alpha value is -2.45. The lowest BCUT2D eigenvalue weighted by Crippen LogP contribution is -2.61. The molecular weight excluding hydrogens is 376 g/mol. The molecule has 4 saturated carbocycles. The third-order valence-corrected chi connectivity index (χ3v) is 6.91. The zero-order valence-electron chi connectivity index (χ0n) is 17.1. The zero-order valence-corrected chi connectivity index (χ0v) is 17.1. The molecule has 1 atom stereocenters. The molecule has 4 aliphatic carbocycles. The standard InChI is InChI=1S/C20H28N4O5/c1-11-18(24(27)28)12(2)23(22-11)10-17(25)29-13(3)19(26)21-20-7-14-4-15(8-20)6-16(5-14)9-20/h13-16H,4-10H2,1-3H3,(H,21,26)/t13-,14?,15?,16?,20?/m0/s1. The number of aromatic nitrogens is 2. The molecule has 0 aromatic carbocycles. The van der Waals surface area contributed by atoms with Gasteiger partial charge in [-0.05, 0) is 77.0 Å². The van der Waals surface area contributed by atoms with Crippen LogP contribution in [0, 0.1) is 41.7 Å². The number of carbonyl (C=O) groups excluding carboxylic acids is 2. The van der Waals surface area contributed by atoms with E-state index in [9.17, 15) is 19.7 Å². The van der Waals surface area contributed by atoms with Crippen molar-refractivity contribution in [2.45, 2.75) is 77.5 Å². The van der Waals surface area contributed by atoms with Crippen molar-refractivity contribution in [3.05, 3.63) is 21.5 Å². The second kappa shape index (κ2) is 7.11. The molecule has 4 fully saturated rings. The monoisotopic (exact) mass is 404 g/mol. The Balaban J connectivity index is 1.35. The first-order valence-electron chi connectivity index (χ1n) is 10.4. The van der Waals surface area contributed by atoms with E-state index in [2.05, 4.69) is 10.4 Å². The molecule has 1 heterocycles. The highest BCUT2D eigenvalue weighted by Gasteiger charge is 2.51.